The third kappa shape index (κ3) is 3.86. The normalized spacial score (nSPS) is 19.5. The second kappa shape index (κ2) is 8.55. The Morgan fingerprint density at radius 3 is 2.72 bits per heavy atom. The summed E-state index contributed by atoms with van der Waals surface area (Å²) in [5.74, 6) is -1.06. The Labute approximate surface area is 186 Å². The van der Waals surface area contributed by atoms with Crippen LogP contribution in [0.25, 0.3) is 10.9 Å². The Balaban J connectivity index is 1.82. The predicted molar refractivity (Wildman–Crippen MR) is 121 cm³/mol. The Morgan fingerprint density at radius 1 is 1.38 bits per heavy atom. The van der Waals surface area contributed by atoms with Gasteiger partial charge in [0.25, 0.3) is 0 Å². The van der Waals surface area contributed by atoms with Crippen LogP contribution in [0.5, 0.6) is 0 Å². The average Bonchev–Trinajstić information content (AvgIpc) is 3.47. The lowest BCUT2D eigenvalue weighted by Crippen LogP contribution is -2.38. The summed E-state index contributed by atoms with van der Waals surface area (Å²) >= 11 is 0. The summed E-state index contributed by atoms with van der Waals surface area (Å²) in [6.45, 7) is 5.87. The van der Waals surface area contributed by atoms with E-state index < -0.39 is 17.2 Å². The number of fused-ring (bicyclic) bond motifs is 1. The first-order valence-corrected chi connectivity index (χ1v) is 11.2. The standard InChI is InChI=1S/C24H29FN4O3/c1-14-11-17(25)12-19-21(14)29(18-5-6-18)23(20(22(19)30)24(31)32)28-10-7-16(13-28)15(2)27(3)9-4-8-26/h11-12,15-16,18H,4-7,9-10,13H2,1-3H3,(H,31,32). The maximum atomic E-state index is 14.1. The lowest BCUT2D eigenvalue weighted by Gasteiger charge is -2.31. The first-order valence-electron chi connectivity index (χ1n) is 11.2. The molecule has 1 aromatic carbocycles. The fourth-order valence-corrected chi connectivity index (χ4v) is 5.05. The Hall–Kier alpha value is -2.92. The molecule has 2 atom stereocenters. The van der Waals surface area contributed by atoms with Gasteiger partial charge in [0.05, 0.1) is 11.6 Å². The van der Waals surface area contributed by atoms with Gasteiger partial charge in [0, 0.05) is 43.5 Å². The number of hydrogen-bond acceptors (Lipinski definition) is 5. The van der Waals surface area contributed by atoms with Crippen molar-refractivity contribution in [2.24, 2.45) is 5.92 Å². The van der Waals surface area contributed by atoms with E-state index in [4.69, 9.17) is 5.26 Å². The molecule has 1 aromatic heterocycles. The van der Waals surface area contributed by atoms with Gasteiger partial charge in [0.1, 0.15) is 17.2 Å². The van der Waals surface area contributed by atoms with Crippen LogP contribution in [0.15, 0.2) is 16.9 Å². The van der Waals surface area contributed by atoms with Crippen molar-refractivity contribution in [1.82, 2.24) is 9.47 Å². The van der Waals surface area contributed by atoms with Gasteiger partial charge >= 0.3 is 5.97 Å². The molecule has 8 heteroatoms. The van der Waals surface area contributed by atoms with E-state index in [9.17, 15) is 19.1 Å². The van der Waals surface area contributed by atoms with Crippen molar-refractivity contribution in [3.63, 3.8) is 0 Å². The van der Waals surface area contributed by atoms with Gasteiger partial charge in [-0.3, -0.25) is 4.79 Å². The topological polar surface area (TPSA) is 89.6 Å². The van der Waals surface area contributed by atoms with Gasteiger partial charge in [-0.1, -0.05) is 0 Å². The summed E-state index contributed by atoms with van der Waals surface area (Å²) in [6, 6.07) is 5.09. The van der Waals surface area contributed by atoms with Crippen LogP contribution in [-0.2, 0) is 0 Å². The Morgan fingerprint density at radius 2 is 2.09 bits per heavy atom. The van der Waals surface area contributed by atoms with Crippen LogP contribution >= 0.6 is 0 Å². The Bertz CT molecular complexity index is 1160. The number of nitrogens with zero attached hydrogens (tertiary/aromatic N) is 4. The van der Waals surface area contributed by atoms with Crippen LogP contribution in [0.1, 0.15) is 54.6 Å². The summed E-state index contributed by atoms with van der Waals surface area (Å²) in [7, 11) is 2.00. The second-order valence-electron chi connectivity index (χ2n) is 9.18. The van der Waals surface area contributed by atoms with E-state index >= 15 is 0 Å². The molecule has 1 saturated heterocycles. The van der Waals surface area contributed by atoms with Gasteiger partial charge in [-0.15, -0.1) is 0 Å². The number of pyridine rings is 1. The number of rotatable bonds is 7. The number of anilines is 1. The number of hydrogen-bond donors (Lipinski definition) is 1. The van der Waals surface area contributed by atoms with E-state index in [1.54, 1.807) is 6.92 Å². The first kappa shape index (κ1) is 22.3. The zero-order chi connectivity index (χ0) is 23.2. The highest BCUT2D eigenvalue weighted by atomic mass is 19.1. The van der Waals surface area contributed by atoms with E-state index in [-0.39, 0.29) is 29.0 Å². The largest absolute Gasteiger partial charge is 0.477 e. The van der Waals surface area contributed by atoms with Crippen molar-refractivity contribution in [2.75, 3.05) is 31.6 Å². The number of carboxylic acids is 1. The molecule has 1 N–H and O–H groups in total. The van der Waals surface area contributed by atoms with Gasteiger partial charge < -0.3 is 19.5 Å². The van der Waals surface area contributed by atoms with Gasteiger partial charge in [-0.2, -0.15) is 5.26 Å². The Kier molecular flexibility index (Phi) is 5.95. The van der Waals surface area contributed by atoms with E-state index in [0.717, 1.165) is 19.3 Å². The third-order valence-electron chi connectivity index (χ3n) is 7.03. The minimum Gasteiger partial charge on any atom is -0.477 e. The number of carbonyl (C=O) groups is 1. The number of nitriles is 1. The van der Waals surface area contributed by atoms with E-state index in [1.807, 2.05) is 16.5 Å². The second-order valence-corrected chi connectivity index (χ2v) is 9.18. The molecule has 0 amide bonds. The minimum absolute atomic E-state index is 0.116. The van der Waals surface area contributed by atoms with Crippen LogP contribution < -0.4 is 10.3 Å². The molecule has 32 heavy (non-hydrogen) atoms. The lowest BCUT2D eigenvalue weighted by atomic mass is 9.99. The number of aromatic carboxylic acids is 1. The summed E-state index contributed by atoms with van der Waals surface area (Å²) in [6.07, 6.45) is 3.15. The SMILES string of the molecule is Cc1cc(F)cc2c(=O)c(C(=O)O)c(N3CCC(C(C)N(C)CCC#N)C3)n(C3CC3)c12. The summed E-state index contributed by atoms with van der Waals surface area (Å²) in [5, 5.41) is 19.0. The molecular formula is C24H29FN4O3. The fraction of sp³-hybridized carbons (Fsp3) is 0.542. The van der Waals surface area contributed by atoms with Crippen LogP contribution in [-0.4, -0.2) is 53.3 Å². The maximum absolute atomic E-state index is 14.1. The monoisotopic (exact) mass is 440 g/mol. The van der Waals surface area contributed by atoms with Gasteiger partial charge in [0.15, 0.2) is 0 Å². The maximum Gasteiger partial charge on any atom is 0.343 e. The van der Waals surface area contributed by atoms with Crippen molar-refractivity contribution < 1.29 is 14.3 Å². The zero-order valence-electron chi connectivity index (χ0n) is 18.8. The molecule has 2 aromatic rings. The smallest absolute Gasteiger partial charge is 0.343 e. The molecule has 7 nitrogen and oxygen atoms in total. The van der Waals surface area contributed by atoms with Crippen molar-refractivity contribution in [2.45, 2.75) is 51.6 Å². The molecule has 4 rings (SSSR count). The number of benzene rings is 1. The molecule has 0 radical (unpaired) electrons. The van der Waals surface area contributed by atoms with Crippen LogP contribution in [0, 0.1) is 30.0 Å². The molecule has 1 aliphatic heterocycles. The van der Waals surface area contributed by atoms with Crippen LogP contribution in [0.3, 0.4) is 0 Å². The molecule has 2 unspecified atom stereocenters. The number of halogens is 1. The minimum atomic E-state index is -1.27. The highest BCUT2D eigenvalue weighted by Gasteiger charge is 2.37. The third-order valence-corrected chi connectivity index (χ3v) is 7.03. The summed E-state index contributed by atoms with van der Waals surface area (Å²) in [5.41, 5.74) is 0.397. The predicted octanol–water partition coefficient (Wildman–Crippen LogP) is 3.54. The highest BCUT2D eigenvalue weighted by molar-refractivity contribution is 5.99. The van der Waals surface area contributed by atoms with Crippen molar-refractivity contribution in [3.8, 4) is 6.07 Å². The molecule has 2 fully saturated rings. The van der Waals surface area contributed by atoms with E-state index in [1.165, 1.54) is 12.1 Å². The molecule has 0 spiro atoms. The zero-order valence-corrected chi connectivity index (χ0v) is 18.8. The quantitative estimate of drug-likeness (QED) is 0.708. The average molecular weight is 441 g/mol. The highest BCUT2D eigenvalue weighted by Crippen LogP contribution is 2.43. The van der Waals surface area contributed by atoms with Crippen molar-refractivity contribution in [1.29, 1.82) is 5.26 Å². The van der Waals surface area contributed by atoms with Crippen LogP contribution in [0.2, 0.25) is 0 Å². The van der Waals surface area contributed by atoms with E-state index in [2.05, 4.69) is 17.9 Å². The number of aryl methyl sites for hydroxylation is 1. The molecule has 2 aliphatic rings. The van der Waals surface area contributed by atoms with Gasteiger partial charge in [-0.05, 0) is 63.8 Å². The van der Waals surface area contributed by atoms with Gasteiger partial charge in [-0.25, -0.2) is 9.18 Å². The summed E-state index contributed by atoms with van der Waals surface area (Å²) in [4.78, 5) is 29.7. The summed E-state index contributed by atoms with van der Waals surface area (Å²) < 4.78 is 16.1. The molecule has 1 aliphatic carbocycles. The van der Waals surface area contributed by atoms with Crippen molar-refractivity contribution >= 4 is 22.7 Å². The van der Waals surface area contributed by atoms with Gasteiger partial charge in [0.2, 0.25) is 5.43 Å². The molecular weight excluding hydrogens is 411 g/mol. The fourth-order valence-electron chi connectivity index (χ4n) is 5.05. The van der Waals surface area contributed by atoms with Crippen molar-refractivity contribution in [3.05, 3.63) is 39.3 Å². The first-order chi connectivity index (χ1) is 15.2. The molecule has 170 valence electrons. The number of carboxylic acid groups (broad SMARTS) is 1. The molecule has 2 heterocycles. The molecule has 0 bridgehead atoms. The lowest BCUT2D eigenvalue weighted by molar-refractivity contribution is 0.0695. The molecule has 1 saturated carbocycles. The van der Waals surface area contributed by atoms with Crippen LogP contribution in [0.4, 0.5) is 10.2 Å². The van der Waals surface area contributed by atoms with E-state index in [0.29, 0.717) is 43.0 Å². The number of aromatic nitrogens is 1.